The number of rotatable bonds is 8. The van der Waals surface area contributed by atoms with E-state index in [-0.39, 0.29) is 32.0 Å². The van der Waals surface area contributed by atoms with Gasteiger partial charge in [0.05, 0.1) is 13.2 Å². The molecule has 1 aromatic carbocycles. The number of sulfonamides is 1. The van der Waals surface area contributed by atoms with Crippen LogP contribution in [0.5, 0.6) is 0 Å². The molecule has 0 atom stereocenters. The molecule has 8 heteroatoms. The van der Waals surface area contributed by atoms with Crippen LogP contribution in [-0.2, 0) is 19.5 Å². The fourth-order valence-corrected chi connectivity index (χ4v) is 3.10. The van der Waals surface area contributed by atoms with E-state index in [0.717, 1.165) is 16.4 Å². The molecule has 0 radical (unpaired) electrons. The Hall–Kier alpha value is -1.22. The summed E-state index contributed by atoms with van der Waals surface area (Å²) in [6.45, 7) is 0.618. The summed E-state index contributed by atoms with van der Waals surface area (Å²) in [5.74, 6) is -0.834. The molecule has 0 aromatic heterocycles. The highest BCUT2D eigenvalue weighted by Crippen LogP contribution is 2.21. The third-order valence-corrected chi connectivity index (χ3v) is 4.58. The first kappa shape index (κ1) is 16.8. The maximum absolute atomic E-state index is 13.7. The Kier molecular flexibility index (Phi) is 6.34. The molecule has 1 rings (SSSR count). The molecule has 0 saturated heterocycles. The van der Waals surface area contributed by atoms with Gasteiger partial charge in [0.25, 0.3) is 0 Å². The van der Waals surface area contributed by atoms with Gasteiger partial charge in [-0.3, -0.25) is 0 Å². The molecule has 20 heavy (non-hydrogen) atoms. The van der Waals surface area contributed by atoms with Gasteiger partial charge in [0, 0.05) is 33.0 Å². The fourth-order valence-electron chi connectivity index (χ4n) is 1.60. The Labute approximate surface area is 118 Å². The van der Waals surface area contributed by atoms with Crippen molar-refractivity contribution in [3.8, 4) is 0 Å². The average molecular weight is 306 g/mol. The normalized spacial score (nSPS) is 12.0. The van der Waals surface area contributed by atoms with Crippen LogP contribution in [-0.4, -0.2) is 53.2 Å². The van der Waals surface area contributed by atoms with Crippen molar-refractivity contribution in [1.29, 1.82) is 0 Å². The predicted molar refractivity (Wildman–Crippen MR) is 73.3 cm³/mol. The van der Waals surface area contributed by atoms with E-state index in [2.05, 4.69) is 0 Å². The lowest BCUT2D eigenvalue weighted by molar-refractivity contribution is 0.150. The molecule has 0 unspecified atom stereocenters. The zero-order chi connectivity index (χ0) is 15.2. The number of benzene rings is 1. The molecule has 0 aliphatic carbocycles. The Morgan fingerprint density at radius 3 is 2.25 bits per heavy atom. The molecule has 2 N–H and O–H groups in total. The fraction of sp³-hybridized carbons (Fsp3) is 0.500. The first-order valence-electron chi connectivity index (χ1n) is 5.96. The van der Waals surface area contributed by atoms with Crippen molar-refractivity contribution in [2.75, 3.05) is 46.3 Å². The van der Waals surface area contributed by atoms with Gasteiger partial charge in [-0.1, -0.05) is 0 Å². The summed E-state index contributed by atoms with van der Waals surface area (Å²) < 4.78 is 49.5. The van der Waals surface area contributed by atoms with E-state index in [0.29, 0.717) is 0 Å². The summed E-state index contributed by atoms with van der Waals surface area (Å²) in [5.41, 5.74) is 5.71. The van der Waals surface area contributed by atoms with Crippen LogP contribution >= 0.6 is 0 Å². The lowest BCUT2D eigenvalue weighted by atomic mass is 10.3. The zero-order valence-corrected chi connectivity index (χ0v) is 12.3. The minimum absolute atomic E-state index is 0.108. The monoisotopic (exact) mass is 306 g/mol. The molecule has 0 aliphatic rings. The van der Waals surface area contributed by atoms with Crippen molar-refractivity contribution in [3.63, 3.8) is 0 Å². The third-order valence-electron chi connectivity index (χ3n) is 2.66. The van der Waals surface area contributed by atoms with Crippen LogP contribution in [0.1, 0.15) is 0 Å². The van der Waals surface area contributed by atoms with Crippen molar-refractivity contribution in [2.45, 2.75) is 4.90 Å². The predicted octanol–water partition coefficient (Wildman–Crippen LogP) is 0.691. The molecule has 114 valence electrons. The molecule has 6 nitrogen and oxygen atoms in total. The van der Waals surface area contributed by atoms with Crippen molar-refractivity contribution >= 4 is 15.7 Å². The highest BCUT2D eigenvalue weighted by Gasteiger charge is 2.27. The number of nitrogens with two attached hydrogens (primary N) is 1. The second-order valence-electron chi connectivity index (χ2n) is 4.08. The Morgan fingerprint density at radius 2 is 1.75 bits per heavy atom. The van der Waals surface area contributed by atoms with Gasteiger partial charge in [-0.2, -0.15) is 4.31 Å². The molecule has 0 spiro atoms. The number of hydrogen-bond acceptors (Lipinski definition) is 5. The summed E-state index contributed by atoms with van der Waals surface area (Å²) in [4.78, 5) is -0.440. The smallest absolute Gasteiger partial charge is 0.246 e. The quantitative estimate of drug-likeness (QED) is 0.715. The average Bonchev–Trinajstić information content (AvgIpc) is 2.41. The van der Waals surface area contributed by atoms with Crippen molar-refractivity contribution in [1.82, 2.24) is 4.31 Å². The molecular weight excluding hydrogens is 287 g/mol. The highest BCUT2D eigenvalue weighted by molar-refractivity contribution is 7.89. The van der Waals surface area contributed by atoms with Gasteiger partial charge in [0.2, 0.25) is 10.0 Å². The Morgan fingerprint density at radius 1 is 1.20 bits per heavy atom. The number of hydrogen-bond donors (Lipinski definition) is 1. The minimum atomic E-state index is -3.98. The summed E-state index contributed by atoms with van der Waals surface area (Å²) in [5, 5.41) is 0. The standard InChI is InChI=1S/C12H19FN2O4S/c1-18-7-5-15(6-8-19-2)20(16,17)12-9-10(14)3-4-11(12)13/h3-4,9H,5-8,14H2,1-2H3. The molecule has 0 fully saturated rings. The van der Waals surface area contributed by atoms with Gasteiger partial charge in [-0.15, -0.1) is 0 Å². The number of anilines is 1. The SMILES string of the molecule is COCCN(CCOC)S(=O)(=O)c1cc(N)ccc1F. The lowest BCUT2D eigenvalue weighted by Crippen LogP contribution is -2.37. The third kappa shape index (κ3) is 4.14. The van der Waals surface area contributed by atoms with Crippen molar-refractivity contribution < 1.29 is 22.3 Å². The van der Waals surface area contributed by atoms with E-state index in [1.807, 2.05) is 0 Å². The number of ether oxygens (including phenoxy) is 2. The summed E-state index contributed by atoms with van der Waals surface area (Å²) >= 11 is 0. The van der Waals surface area contributed by atoms with Crippen LogP contribution in [0.2, 0.25) is 0 Å². The Bertz CT molecular complexity index is 528. The lowest BCUT2D eigenvalue weighted by Gasteiger charge is -2.22. The second-order valence-corrected chi connectivity index (χ2v) is 5.99. The Balaban J connectivity index is 3.10. The molecule has 0 bridgehead atoms. The molecule has 1 aromatic rings. The van der Waals surface area contributed by atoms with E-state index < -0.39 is 20.7 Å². The van der Waals surface area contributed by atoms with Gasteiger partial charge >= 0.3 is 0 Å². The van der Waals surface area contributed by atoms with Crippen molar-refractivity contribution in [3.05, 3.63) is 24.0 Å². The molecule has 0 heterocycles. The van der Waals surface area contributed by atoms with Gasteiger partial charge in [0.1, 0.15) is 10.7 Å². The molecular formula is C12H19FN2O4S. The second kappa shape index (κ2) is 7.53. The molecule has 0 amide bonds. The largest absolute Gasteiger partial charge is 0.399 e. The zero-order valence-electron chi connectivity index (χ0n) is 11.5. The van der Waals surface area contributed by atoms with E-state index >= 15 is 0 Å². The summed E-state index contributed by atoms with van der Waals surface area (Å²) in [6.07, 6.45) is 0. The number of nitrogen functional groups attached to an aromatic ring is 1. The first-order chi connectivity index (χ1) is 9.43. The van der Waals surface area contributed by atoms with Crippen molar-refractivity contribution in [2.24, 2.45) is 0 Å². The number of halogens is 1. The minimum Gasteiger partial charge on any atom is -0.399 e. The van der Waals surface area contributed by atoms with E-state index in [1.54, 1.807) is 0 Å². The van der Waals surface area contributed by atoms with Crippen LogP contribution in [0.15, 0.2) is 23.1 Å². The summed E-state index contributed by atoms with van der Waals surface area (Å²) in [6, 6.07) is 3.45. The maximum Gasteiger partial charge on any atom is 0.246 e. The van der Waals surface area contributed by atoms with Crippen LogP contribution in [0.4, 0.5) is 10.1 Å². The first-order valence-corrected chi connectivity index (χ1v) is 7.40. The van der Waals surface area contributed by atoms with E-state index in [4.69, 9.17) is 15.2 Å². The number of nitrogens with zero attached hydrogens (tertiary/aromatic N) is 1. The van der Waals surface area contributed by atoms with E-state index in [1.165, 1.54) is 20.3 Å². The van der Waals surface area contributed by atoms with Crippen LogP contribution in [0, 0.1) is 5.82 Å². The van der Waals surface area contributed by atoms with Gasteiger partial charge < -0.3 is 15.2 Å². The van der Waals surface area contributed by atoms with Crippen LogP contribution in [0.3, 0.4) is 0 Å². The maximum atomic E-state index is 13.7. The van der Waals surface area contributed by atoms with Gasteiger partial charge in [-0.25, -0.2) is 12.8 Å². The number of methoxy groups -OCH3 is 2. The van der Waals surface area contributed by atoms with E-state index in [9.17, 15) is 12.8 Å². The van der Waals surface area contributed by atoms with Gasteiger partial charge in [-0.05, 0) is 18.2 Å². The molecule has 0 aliphatic heterocycles. The summed E-state index contributed by atoms with van der Waals surface area (Å²) in [7, 11) is -1.06. The van der Waals surface area contributed by atoms with Gasteiger partial charge in [0.15, 0.2) is 0 Å². The van der Waals surface area contributed by atoms with Crippen LogP contribution < -0.4 is 5.73 Å². The molecule has 0 saturated carbocycles. The van der Waals surface area contributed by atoms with Crippen LogP contribution in [0.25, 0.3) is 0 Å². The highest BCUT2D eigenvalue weighted by atomic mass is 32.2. The topological polar surface area (TPSA) is 81.9 Å².